The third kappa shape index (κ3) is 4.95. The van der Waals surface area contributed by atoms with Crippen LogP contribution in [0.4, 0.5) is 4.39 Å². The van der Waals surface area contributed by atoms with Crippen LogP contribution in [0.25, 0.3) is 16.6 Å². The number of nitrogens with zero attached hydrogens (tertiary/aromatic N) is 2. The highest BCUT2D eigenvalue weighted by atomic mass is 19.1. The molecule has 0 spiro atoms. The third-order valence-electron chi connectivity index (χ3n) is 5.44. The molecule has 1 heterocycles. The monoisotopic (exact) mass is 443 g/mol. The smallest absolute Gasteiger partial charge is 0.246 e. The van der Waals surface area contributed by atoms with Crippen molar-refractivity contribution in [1.29, 1.82) is 0 Å². The van der Waals surface area contributed by atoms with Gasteiger partial charge >= 0.3 is 0 Å². The summed E-state index contributed by atoms with van der Waals surface area (Å²) in [6, 6.07) is 19.7. The van der Waals surface area contributed by atoms with Crippen LogP contribution in [0.5, 0.6) is 5.75 Å². The van der Waals surface area contributed by atoms with Gasteiger partial charge in [-0.05, 0) is 68.8 Å². The number of aromatic nitrogens is 2. The van der Waals surface area contributed by atoms with Crippen molar-refractivity contribution in [1.82, 2.24) is 15.1 Å². The number of ether oxygens (including phenoxy) is 1. The van der Waals surface area contributed by atoms with Crippen molar-refractivity contribution in [3.63, 3.8) is 0 Å². The molecule has 1 aromatic heterocycles. The van der Waals surface area contributed by atoms with Gasteiger partial charge in [-0.15, -0.1) is 0 Å². The van der Waals surface area contributed by atoms with Crippen LogP contribution in [0.1, 0.15) is 31.1 Å². The molecule has 0 saturated carbocycles. The van der Waals surface area contributed by atoms with Gasteiger partial charge in [0.1, 0.15) is 17.7 Å². The van der Waals surface area contributed by atoms with Crippen molar-refractivity contribution in [2.45, 2.75) is 32.9 Å². The Morgan fingerprint density at radius 2 is 1.88 bits per heavy atom. The third-order valence-corrected chi connectivity index (χ3v) is 5.44. The van der Waals surface area contributed by atoms with Gasteiger partial charge in [0, 0.05) is 11.0 Å². The van der Waals surface area contributed by atoms with Gasteiger partial charge in [0.15, 0.2) is 0 Å². The van der Waals surface area contributed by atoms with Gasteiger partial charge in [0.25, 0.3) is 0 Å². The number of hydrogen-bond acceptors (Lipinski definition) is 3. The van der Waals surface area contributed by atoms with Crippen LogP contribution in [0.15, 0.2) is 85.1 Å². The van der Waals surface area contributed by atoms with E-state index in [0.717, 1.165) is 27.7 Å². The number of carbonyl (C=O) groups is 1. The van der Waals surface area contributed by atoms with Crippen LogP contribution in [-0.2, 0) is 4.79 Å². The summed E-state index contributed by atoms with van der Waals surface area (Å²) in [6.07, 6.45) is 1.34. The normalized spacial score (nSPS) is 12.8. The van der Waals surface area contributed by atoms with Crippen molar-refractivity contribution < 1.29 is 13.9 Å². The van der Waals surface area contributed by atoms with E-state index in [-0.39, 0.29) is 17.8 Å². The van der Waals surface area contributed by atoms with E-state index >= 15 is 0 Å². The number of rotatable bonds is 7. The first-order chi connectivity index (χ1) is 15.8. The summed E-state index contributed by atoms with van der Waals surface area (Å²) in [7, 11) is 0. The molecule has 4 aromatic rings. The topological polar surface area (TPSA) is 56.1 Å². The van der Waals surface area contributed by atoms with Gasteiger partial charge in [-0.2, -0.15) is 5.10 Å². The van der Waals surface area contributed by atoms with E-state index in [0.29, 0.717) is 11.3 Å². The Kier molecular flexibility index (Phi) is 6.27. The summed E-state index contributed by atoms with van der Waals surface area (Å²) in [5.74, 6) is 0.157. The molecule has 5 nitrogen and oxygen atoms in total. The highest BCUT2D eigenvalue weighted by molar-refractivity contribution is 5.92. The van der Waals surface area contributed by atoms with Gasteiger partial charge < -0.3 is 10.1 Å². The van der Waals surface area contributed by atoms with Gasteiger partial charge in [-0.3, -0.25) is 4.79 Å². The van der Waals surface area contributed by atoms with Crippen molar-refractivity contribution in [3.8, 4) is 11.4 Å². The molecule has 0 aliphatic carbocycles. The molecule has 0 saturated heterocycles. The molecule has 1 N–H and O–H groups in total. The summed E-state index contributed by atoms with van der Waals surface area (Å²) >= 11 is 0. The zero-order valence-corrected chi connectivity index (χ0v) is 18.9. The quantitative estimate of drug-likeness (QED) is 0.374. The van der Waals surface area contributed by atoms with E-state index in [1.165, 1.54) is 12.1 Å². The molecule has 168 valence electrons. The van der Waals surface area contributed by atoms with E-state index in [1.807, 2.05) is 50.2 Å². The molecule has 33 heavy (non-hydrogen) atoms. The molecule has 0 fully saturated rings. The predicted octanol–water partition coefficient (Wildman–Crippen LogP) is 5.67. The fourth-order valence-corrected chi connectivity index (χ4v) is 3.73. The highest BCUT2D eigenvalue weighted by Crippen LogP contribution is 2.29. The molecular formula is C27H26FN3O2. The average Bonchev–Trinajstić information content (AvgIpc) is 3.21. The van der Waals surface area contributed by atoms with Crippen molar-refractivity contribution in [2.75, 3.05) is 0 Å². The predicted molar refractivity (Wildman–Crippen MR) is 128 cm³/mol. The first-order valence-corrected chi connectivity index (χ1v) is 10.7. The zero-order valence-electron chi connectivity index (χ0n) is 18.9. The molecule has 2 atom stereocenters. The Morgan fingerprint density at radius 1 is 1.12 bits per heavy atom. The van der Waals surface area contributed by atoms with Crippen molar-refractivity contribution >= 4 is 16.8 Å². The fourth-order valence-electron chi connectivity index (χ4n) is 3.73. The lowest BCUT2D eigenvalue weighted by molar-refractivity contribution is -0.118. The number of hydrogen-bond donors (Lipinski definition) is 1. The number of benzene rings is 3. The van der Waals surface area contributed by atoms with Crippen LogP contribution in [0.2, 0.25) is 0 Å². The van der Waals surface area contributed by atoms with E-state index in [2.05, 4.69) is 23.1 Å². The summed E-state index contributed by atoms with van der Waals surface area (Å²) in [5.41, 5.74) is 4.17. The first-order valence-electron chi connectivity index (χ1n) is 10.7. The summed E-state index contributed by atoms with van der Waals surface area (Å²) in [4.78, 5) is 12.2. The Morgan fingerprint density at radius 3 is 2.58 bits per heavy atom. The lowest BCUT2D eigenvalue weighted by Gasteiger charge is -2.27. The zero-order chi connectivity index (χ0) is 23.5. The molecule has 0 aliphatic heterocycles. The number of amides is 1. The Bertz CT molecular complexity index is 1310. The molecule has 1 amide bonds. The molecule has 0 aliphatic rings. The second-order valence-electron chi connectivity index (χ2n) is 8.25. The van der Waals surface area contributed by atoms with E-state index in [4.69, 9.17) is 4.74 Å². The highest BCUT2D eigenvalue weighted by Gasteiger charge is 2.24. The van der Waals surface area contributed by atoms with Crippen molar-refractivity contribution in [2.24, 2.45) is 0 Å². The lowest BCUT2D eigenvalue weighted by Crippen LogP contribution is -2.39. The fraction of sp³-hybridized carbons (Fsp3) is 0.185. The number of nitrogens with one attached hydrogen (secondary N) is 1. The Hall–Kier alpha value is -3.93. The van der Waals surface area contributed by atoms with Gasteiger partial charge in [-0.25, -0.2) is 9.07 Å². The molecule has 6 heteroatoms. The summed E-state index contributed by atoms with van der Waals surface area (Å²) in [5, 5.41) is 8.31. The molecule has 0 radical (unpaired) electrons. The largest absolute Gasteiger partial charge is 0.484 e. The average molecular weight is 444 g/mol. The molecule has 0 bridgehead atoms. The van der Waals surface area contributed by atoms with Crippen LogP contribution in [0.3, 0.4) is 0 Å². The lowest BCUT2D eigenvalue weighted by atomic mass is 10.0. The molecule has 4 rings (SSSR count). The Balaban J connectivity index is 1.65. The van der Waals surface area contributed by atoms with Gasteiger partial charge in [-0.1, -0.05) is 36.4 Å². The van der Waals surface area contributed by atoms with Crippen LogP contribution in [0, 0.1) is 12.7 Å². The minimum absolute atomic E-state index is 0.209. The second kappa shape index (κ2) is 9.28. The van der Waals surface area contributed by atoms with Gasteiger partial charge in [0.05, 0.1) is 23.4 Å². The van der Waals surface area contributed by atoms with E-state index in [1.54, 1.807) is 29.9 Å². The second-order valence-corrected chi connectivity index (χ2v) is 8.25. The SMILES string of the molecule is C=C(C)C(=O)N[C@@H](C)[C@H](Oc1ccc2c(cnn2-c2ccc(F)cc2)c1)c1cccc(C)c1. The maximum atomic E-state index is 13.3. The number of fused-ring (bicyclic) bond motifs is 1. The standard InChI is InChI=1S/C27H26FN3O2/c1-17(2)27(32)30-19(4)26(20-7-5-6-18(3)14-20)33-24-12-13-25-21(15-24)16-29-31(25)23-10-8-22(28)9-11-23/h5-16,19,26H,1H2,2-4H3,(H,30,32)/t19-,26-/m0/s1. The first kappa shape index (κ1) is 22.3. The Labute approximate surface area is 192 Å². The maximum absolute atomic E-state index is 13.3. The minimum atomic E-state index is -0.405. The number of halogens is 1. The maximum Gasteiger partial charge on any atom is 0.246 e. The van der Waals surface area contributed by atoms with Crippen LogP contribution in [-0.4, -0.2) is 21.7 Å². The van der Waals surface area contributed by atoms with Crippen LogP contribution >= 0.6 is 0 Å². The molecular weight excluding hydrogens is 417 g/mol. The van der Waals surface area contributed by atoms with E-state index < -0.39 is 6.10 Å². The number of carbonyl (C=O) groups excluding carboxylic acids is 1. The number of aryl methyl sites for hydroxylation is 1. The molecule has 3 aromatic carbocycles. The van der Waals surface area contributed by atoms with Crippen molar-refractivity contribution in [3.05, 3.63) is 102 Å². The molecule has 0 unspecified atom stereocenters. The summed E-state index contributed by atoms with van der Waals surface area (Å²) < 4.78 is 21.5. The van der Waals surface area contributed by atoms with Crippen LogP contribution < -0.4 is 10.1 Å². The van der Waals surface area contributed by atoms with Gasteiger partial charge in [0.2, 0.25) is 5.91 Å². The summed E-state index contributed by atoms with van der Waals surface area (Å²) in [6.45, 7) is 9.34. The van der Waals surface area contributed by atoms with E-state index in [9.17, 15) is 9.18 Å². The minimum Gasteiger partial charge on any atom is -0.484 e.